The molecule has 1 atom stereocenters. The maximum absolute atomic E-state index is 3.78. The van der Waals surface area contributed by atoms with E-state index in [1.54, 1.807) is 11.9 Å². The summed E-state index contributed by atoms with van der Waals surface area (Å²) in [4.78, 5) is 1.31. The molecule has 1 heterocycles. The van der Waals surface area contributed by atoms with Gasteiger partial charge in [0.2, 0.25) is 0 Å². The van der Waals surface area contributed by atoms with Gasteiger partial charge >= 0.3 is 0 Å². The van der Waals surface area contributed by atoms with Crippen LogP contribution in [0.1, 0.15) is 50.7 Å². The first kappa shape index (κ1) is 16.4. The third kappa shape index (κ3) is 3.54. The third-order valence-electron chi connectivity index (χ3n) is 4.65. The molecule has 0 aliphatic carbocycles. The Balaban J connectivity index is 2.12. The van der Waals surface area contributed by atoms with Gasteiger partial charge in [0.15, 0.2) is 0 Å². The maximum atomic E-state index is 3.78. The van der Waals surface area contributed by atoms with Gasteiger partial charge < -0.3 is 0 Å². The number of fused-ring (bicyclic) bond motifs is 1. The first-order valence-corrected chi connectivity index (χ1v) is 9.41. The van der Waals surface area contributed by atoms with Gasteiger partial charge in [-0.3, -0.25) is 0 Å². The van der Waals surface area contributed by atoms with Crippen molar-refractivity contribution in [1.82, 2.24) is 4.72 Å². The van der Waals surface area contributed by atoms with Crippen molar-refractivity contribution < 1.29 is 0 Å². The largest absolute Gasteiger partial charge is 0.250 e. The summed E-state index contributed by atoms with van der Waals surface area (Å²) in [5.74, 6) is 0. The van der Waals surface area contributed by atoms with Gasteiger partial charge in [0.1, 0.15) is 0 Å². The number of rotatable bonds is 5. The van der Waals surface area contributed by atoms with E-state index in [2.05, 4.69) is 79.2 Å². The quantitative estimate of drug-likeness (QED) is 0.670. The molecule has 0 saturated carbocycles. The molecule has 1 nitrogen and oxygen atoms in total. The molecule has 1 aliphatic rings. The summed E-state index contributed by atoms with van der Waals surface area (Å²) in [5, 5.41) is 0. The predicted molar refractivity (Wildman–Crippen MR) is 102 cm³/mol. The Kier molecular flexibility index (Phi) is 5.24. The molecule has 2 heteroatoms. The zero-order valence-electron chi connectivity index (χ0n) is 14.0. The lowest BCUT2D eigenvalue weighted by Gasteiger charge is -2.30. The minimum Gasteiger partial charge on any atom is -0.250 e. The first-order valence-electron chi connectivity index (χ1n) is 8.59. The van der Waals surface area contributed by atoms with E-state index >= 15 is 0 Å². The average Bonchev–Trinajstić information content (AvgIpc) is 2.79. The molecule has 120 valence electrons. The third-order valence-corrected chi connectivity index (χ3v) is 5.74. The Labute approximate surface area is 144 Å². The van der Waals surface area contributed by atoms with Gasteiger partial charge in [0, 0.05) is 10.4 Å². The summed E-state index contributed by atoms with van der Waals surface area (Å²) in [6.45, 7) is 4.56. The second-order valence-electron chi connectivity index (χ2n) is 6.24. The predicted octanol–water partition coefficient (Wildman–Crippen LogP) is 6.07. The molecule has 0 spiro atoms. The molecule has 0 unspecified atom stereocenters. The van der Waals surface area contributed by atoms with Gasteiger partial charge in [0.05, 0.1) is 0 Å². The van der Waals surface area contributed by atoms with Crippen LogP contribution in [0.3, 0.4) is 0 Å². The molecule has 2 aromatic carbocycles. The van der Waals surface area contributed by atoms with E-state index in [0.29, 0.717) is 0 Å². The highest BCUT2D eigenvalue weighted by Gasteiger charge is 2.29. The van der Waals surface area contributed by atoms with Gasteiger partial charge in [-0.25, -0.2) is 4.72 Å². The summed E-state index contributed by atoms with van der Waals surface area (Å²) in [5.41, 5.74) is 4.06. The Hall–Kier alpha value is -1.51. The molecule has 2 aromatic rings. The van der Waals surface area contributed by atoms with Gasteiger partial charge in [0.25, 0.3) is 0 Å². The first-order chi connectivity index (χ1) is 11.3. The van der Waals surface area contributed by atoms with Gasteiger partial charge in [-0.1, -0.05) is 81.3 Å². The van der Waals surface area contributed by atoms with E-state index in [-0.39, 0.29) is 5.54 Å². The molecule has 0 bridgehead atoms. The van der Waals surface area contributed by atoms with E-state index in [1.807, 2.05) is 0 Å². The molecule has 0 saturated heterocycles. The number of unbranched alkanes of at least 4 members (excludes halogenated alkanes) is 1. The normalized spacial score (nSPS) is 20.5. The van der Waals surface area contributed by atoms with E-state index in [0.717, 1.165) is 6.42 Å². The summed E-state index contributed by atoms with van der Waals surface area (Å²) in [7, 11) is 0. The van der Waals surface area contributed by atoms with Crippen LogP contribution in [0, 0.1) is 0 Å². The van der Waals surface area contributed by atoms with Crippen molar-refractivity contribution in [2.75, 3.05) is 0 Å². The van der Waals surface area contributed by atoms with Crippen LogP contribution in [0.15, 0.2) is 65.6 Å². The molecule has 0 fully saturated rings. The van der Waals surface area contributed by atoms with Crippen LogP contribution in [0.5, 0.6) is 0 Å². The lowest BCUT2D eigenvalue weighted by Crippen LogP contribution is -2.38. The monoisotopic (exact) mass is 323 g/mol. The fraction of sp³-hybridized carbons (Fsp3) is 0.333. The van der Waals surface area contributed by atoms with Crippen LogP contribution in [-0.4, -0.2) is 5.54 Å². The summed E-state index contributed by atoms with van der Waals surface area (Å²) in [6, 6.07) is 19.5. The fourth-order valence-corrected chi connectivity index (χ4v) is 4.19. The highest BCUT2D eigenvalue weighted by Crippen LogP contribution is 2.39. The van der Waals surface area contributed by atoms with Gasteiger partial charge in [-0.05, 0) is 47.6 Å². The van der Waals surface area contributed by atoms with E-state index in [4.69, 9.17) is 0 Å². The number of nitrogens with one attached hydrogen (secondary N) is 1. The molecular formula is C21H25NS. The van der Waals surface area contributed by atoms with Crippen molar-refractivity contribution in [3.8, 4) is 0 Å². The molecule has 3 rings (SSSR count). The lowest BCUT2D eigenvalue weighted by molar-refractivity contribution is 0.424. The maximum Gasteiger partial charge on any atom is 0.0471 e. The summed E-state index contributed by atoms with van der Waals surface area (Å²) in [6.07, 6.45) is 7.24. The standard InChI is InChI=1S/C21H25NS/c1-3-5-15-21(4-2)16-19(17-11-7-6-8-12-17)18-13-9-10-14-20(18)23-22-21/h6-14,16,22H,3-5,15H2,1-2H3/t21-/m1/s1. The molecule has 23 heavy (non-hydrogen) atoms. The SMILES string of the molecule is CCCC[C@]1(CC)C=C(c2ccccc2)c2ccccc2SN1. The minimum absolute atomic E-state index is 0.0604. The van der Waals surface area contributed by atoms with Gasteiger partial charge in [-0.15, -0.1) is 0 Å². The second-order valence-corrected chi connectivity index (χ2v) is 7.09. The van der Waals surface area contributed by atoms with Crippen molar-refractivity contribution in [2.45, 2.75) is 50.0 Å². The number of hydrogen-bond donors (Lipinski definition) is 1. The minimum atomic E-state index is 0.0604. The van der Waals surface area contributed by atoms with Crippen molar-refractivity contribution in [3.05, 3.63) is 71.8 Å². The molecule has 1 aliphatic heterocycles. The van der Waals surface area contributed by atoms with Crippen LogP contribution in [0.2, 0.25) is 0 Å². The Morgan fingerprint density at radius 2 is 1.70 bits per heavy atom. The Morgan fingerprint density at radius 3 is 2.43 bits per heavy atom. The van der Waals surface area contributed by atoms with Crippen LogP contribution in [0.4, 0.5) is 0 Å². The zero-order valence-corrected chi connectivity index (χ0v) is 14.8. The van der Waals surface area contributed by atoms with Crippen molar-refractivity contribution in [2.24, 2.45) is 0 Å². The molecule has 0 amide bonds. The van der Waals surface area contributed by atoms with Crippen LogP contribution >= 0.6 is 11.9 Å². The Bertz CT molecular complexity index is 677. The smallest absolute Gasteiger partial charge is 0.0471 e. The second kappa shape index (κ2) is 7.37. The van der Waals surface area contributed by atoms with E-state index in [1.165, 1.54) is 40.9 Å². The van der Waals surface area contributed by atoms with Crippen LogP contribution in [0.25, 0.3) is 5.57 Å². The van der Waals surface area contributed by atoms with Crippen LogP contribution in [-0.2, 0) is 0 Å². The number of hydrogen-bond acceptors (Lipinski definition) is 2. The molecular weight excluding hydrogens is 298 g/mol. The fourth-order valence-electron chi connectivity index (χ4n) is 3.14. The van der Waals surface area contributed by atoms with Crippen molar-refractivity contribution >= 4 is 17.5 Å². The number of benzene rings is 2. The molecule has 1 N–H and O–H groups in total. The summed E-state index contributed by atoms with van der Waals surface area (Å²) >= 11 is 1.79. The van der Waals surface area contributed by atoms with E-state index in [9.17, 15) is 0 Å². The van der Waals surface area contributed by atoms with E-state index < -0.39 is 0 Å². The highest BCUT2D eigenvalue weighted by molar-refractivity contribution is 7.97. The van der Waals surface area contributed by atoms with Gasteiger partial charge in [-0.2, -0.15) is 0 Å². The summed E-state index contributed by atoms with van der Waals surface area (Å²) < 4.78 is 3.78. The highest BCUT2D eigenvalue weighted by atomic mass is 32.2. The average molecular weight is 324 g/mol. The van der Waals surface area contributed by atoms with Crippen molar-refractivity contribution in [1.29, 1.82) is 0 Å². The lowest BCUT2D eigenvalue weighted by atomic mass is 9.85. The van der Waals surface area contributed by atoms with Crippen LogP contribution < -0.4 is 4.72 Å². The molecule has 0 radical (unpaired) electrons. The molecule has 0 aromatic heterocycles. The Morgan fingerprint density at radius 1 is 0.957 bits per heavy atom. The zero-order chi connectivity index (χ0) is 16.1. The topological polar surface area (TPSA) is 12.0 Å². The van der Waals surface area contributed by atoms with Crippen molar-refractivity contribution in [3.63, 3.8) is 0 Å².